The van der Waals surface area contributed by atoms with E-state index in [0.717, 1.165) is 37.1 Å². The first-order chi connectivity index (χ1) is 14.8. The summed E-state index contributed by atoms with van der Waals surface area (Å²) in [7, 11) is -3.50. The minimum absolute atomic E-state index is 0.0119. The Morgan fingerprint density at radius 1 is 1.16 bits per heavy atom. The molecule has 168 valence electrons. The average Bonchev–Trinajstić information content (AvgIpc) is 2.76. The van der Waals surface area contributed by atoms with Gasteiger partial charge in [0.15, 0.2) is 0 Å². The first kappa shape index (κ1) is 23.7. The number of hydrogen-bond donors (Lipinski definition) is 2. The van der Waals surface area contributed by atoms with Gasteiger partial charge in [0.25, 0.3) is 0 Å². The van der Waals surface area contributed by atoms with Gasteiger partial charge in [0.1, 0.15) is 0 Å². The summed E-state index contributed by atoms with van der Waals surface area (Å²) in [6.07, 6.45) is 2.38. The third kappa shape index (κ3) is 7.31. The molecular formula is C23H30ClN3O3S. The van der Waals surface area contributed by atoms with Crippen molar-refractivity contribution in [3.05, 3.63) is 64.7 Å². The average molecular weight is 464 g/mol. The molecule has 1 aliphatic rings. The van der Waals surface area contributed by atoms with Gasteiger partial charge in [0.05, 0.1) is 4.90 Å². The highest BCUT2D eigenvalue weighted by atomic mass is 35.5. The highest BCUT2D eigenvalue weighted by molar-refractivity contribution is 7.89. The first-order valence-electron chi connectivity index (χ1n) is 10.6. The summed E-state index contributed by atoms with van der Waals surface area (Å²) in [5.74, 6) is 0.224. The molecule has 2 aromatic rings. The lowest BCUT2D eigenvalue weighted by Gasteiger charge is -2.32. The standard InChI is InChI=1S/C23H30ClN3O3S/c1-18-8-10-21(11-9-18)31(29,30)26-15-19-5-4-13-27(17-19)14-12-23(28)25-16-20-6-2-3-7-22(20)24/h2-3,6-11,19,26H,4-5,12-17H2,1H3,(H,25,28). The number of benzene rings is 2. The molecule has 0 spiro atoms. The molecule has 8 heteroatoms. The summed E-state index contributed by atoms with van der Waals surface area (Å²) in [5, 5.41) is 3.56. The fourth-order valence-corrected chi connectivity index (χ4v) is 5.05. The maximum Gasteiger partial charge on any atom is 0.240 e. The van der Waals surface area contributed by atoms with Gasteiger partial charge in [-0.25, -0.2) is 13.1 Å². The van der Waals surface area contributed by atoms with Crippen molar-refractivity contribution < 1.29 is 13.2 Å². The zero-order chi connectivity index (χ0) is 22.3. The van der Waals surface area contributed by atoms with Crippen LogP contribution in [0.5, 0.6) is 0 Å². The van der Waals surface area contributed by atoms with Crippen molar-refractivity contribution in [2.75, 3.05) is 26.2 Å². The maximum atomic E-state index is 12.5. The van der Waals surface area contributed by atoms with Crippen molar-refractivity contribution in [1.29, 1.82) is 0 Å². The molecule has 3 rings (SSSR count). The van der Waals surface area contributed by atoms with Crippen molar-refractivity contribution in [2.45, 2.75) is 37.6 Å². The number of amides is 1. The van der Waals surface area contributed by atoms with Crippen LogP contribution in [0.3, 0.4) is 0 Å². The molecule has 31 heavy (non-hydrogen) atoms. The number of nitrogens with one attached hydrogen (secondary N) is 2. The number of aryl methyl sites for hydroxylation is 1. The van der Waals surface area contributed by atoms with E-state index in [4.69, 9.17) is 11.6 Å². The van der Waals surface area contributed by atoms with Crippen LogP contribution in [0.15, 0.2) is 53.4 Å². The van der Waals surface area contributed by atoms with Crippen molar-refractivity contribution in [3.8, 4) is 0 Å². The molecule has 1 unspecified atom stereocenters. The molecule has 6 nitrogen and oxygen atoms in total. The van der Waals surface area contributed by atoms with Crippen LogP contribution in [0, 0.1) is 12.8 Å². The van der Waals surface area contributed by atoms with Crippen molar-refractivity contribution in [1.82, 2.24) is 14.9 Å². The molecule has 0 aliphatic carbocycles. The van der Waals surface area contributed by atoms with E-state index in [1.807, 2.05) is 31.2 Å². The lowest BCUT2D eigenvalue weighted by molar-refractivity contribution is -0.121. The molecule has 0 saturated carbocycles. The number of sulfonamides is 1. The lowest BCUT2D eigenvalue weighted by atomic mass is 9.98. The Balaban J connectivity index is 1.41. The zero-order valence-electron chi connectivity index (χ0n) is 17.8. The number of piperidine rings is 1. The lowest BCUT2D eigenvalue weighted by Crippen LogP contribution is -2.42. The smallest absolute Gasteiger partial charge is 0.240 e. The third-order valence-electron chi connectivity index (χ3n) is 5.59. The van der Waals surface area contributed by atoms with Gasteiger partial charge < -0.3 is 10.2 Å². The van der Waals surface area contributed by atoms with Crippen molar-refractivity contribution in [3.63, 3.8) is 0 Å². The SMILES string of the molecule is Cc1ccc(S(=O)(=O)NCC2CCCN(CCC(=O)NCc3ccccc3Cl)C2)cc1. The van der Waals surface area contributed by atoms with Crippen LogP contribution in [-0.2, 0) is 21.4 Å². The van der Waals surface area contributed by atoms with E-state index in [1.165, 1.54) is 0 Å². The zero-order valence-corrected chi connectivity index (χ0v) is 19.4. The van der Waals surface area contributed by atoms with E-state index in [0.29, 0.717) is 36.0 Å². The van der Waals surface area contributed by atoms with Crippen LogP contribution in [0.4, 0.5) is 0 Å². The van der Waals surface area contributed by atoms with E-state index >= 15 is 0 Å². The molecule has 1 heterocycles. The second-order valence-electron chi connectivity index (χ2n) is 8.09. The van der Waals surface area contributed by atoms with E-state index < -0.39 is 10.0 Å². The van der Waals surface area contributed by atoms with E-state index in [1.54, 1.807) is 24.3 Å². The van der Waals surface area contributed by atoms with Gasteiger partial charge in [0.2, 0.25) is 15.9 Å². The Hall–Kier alpha value is -1.93. The summed E-state index contributed by atoms with van der Waals surface area (Å²) in [4.78, 5) is 14.7. The normalized spacial score (nSPS) is 17.4. The van der Waals surface area contributed by atoms with Crippen LogP contribution in [0.1, 0.15) is 30.4 Å². The summed E-state index contributed by atoms with van der Waals surface area (Å²) < 4.78 is 27.8. The number of nitrogens with zero attached hydrogens (tertiary/aromatic N) is 1. The van der Waals surface area contributed by atoms with Gasteiger partial charge in [-0.1, -0.05) is 47.5 Å². The van der Waals surface area contributed by atoms with Gasteiger partial charge in [-0.15, -0.1) is 0 Å². The quantitative estimate of drug-likeness (QED) is 0.597. The predicted octanol–water partition coefficient (Wildman–Crippen LogP) is 3.35. The van der Waals surface area contributed by atoms with E-state index in [9.17, 15) is 13.2 Å². The molecule has 1 atom stereocenters. The van der Waals surface area contributed by atoms with Gasteiger partial charge >= 0.3 is 0 Å². The topological polar surface area (TPSA) is 78.5 Å². The molecule has 0 aromatic heterocycles. The van der Waals surface area contributed by atoms with Gasteiger partial charge in [-0.05, 0) is 56.0 Å². The predicted molar refractivity (Wildman–Crippen MR) is 123 cm³/mol. The van der Waals surface area contributed by atoms with Gasteiger partial charge in [-0.2, -0.15) is 0 Å². The van der Waals surface area contributed by atoms with Crippen molar-refractivity contribution >= 4 is 27.5 Å². The van der Waals surface area contributed by atoms with Crippen LogP contribution in [0.2, 0.25) is 5.02 Å². The number of rotatable bonds is 9. The summed E-state index contributed by atoms with van der Waals surface area (Å²) >= 11 is 6.12. The highest BCUT2D eigenvalue weighted by Gasteiger charge is 2.23. The molecule has 0 bridgehead atoms. The molecular weight excluding hydrogens is 434 g/mol. The maximum absolute atomic E-state index is 12.5. The molecule has 2 N–H and O–H groups in total. The van der Waals surface area contributed by atoms with Gasteiger partial charge in [0, 0.05) is 37.6 Å². The Morgan fingerprint density at radius 3 is 2.65 bits per heavy atom. The Morgan fingerprint density at radius 2 is 1.90 bits per heavy atom. The Labute approximate surface area is 190 Å². The van der Waals surface area contributed by atoms with Crippen molar-refractivity contribution in [2.24, 2.45) is 5.92 Å². The second kappa shape index (κ2) is 11.1. The Bertz CT molecular complexity index is 980. The molecule has 1 aliphatic heterocycles. The second-order valence-corrected chi connectivity index (χ2v) is 10.3. The number of hydrogen-bond acceptors (Lipinski definition) is 4. The number of likely N-dealkylation sites (tertiary alicyclic amines) is 1. The number of halogens is 1. The molecule has 0 radical (unpaired) electrons. The van der Waals surface area contributed by atoms with E-state index in [-0.39, 0.29) is 11.8 Å². The molecule has 1 fully saturated rings. The molecule has 1 saturated heterocycles. The van der Waals surface area contributed by atoms with Crippen LogP contribution >= 0.6 is 11.6 Å². The molecule has 2 aromatic carbocycles. The largest absolute Gasteiger partial charge is 0.352 e. The number of carbonyl (C=O) groups is 1. The minimum atomic E-state index is -3.50. The van der Waals surface area contributed by atoms with Crippen LogP contribution in [-0.4, -0.2) is 45.4 Å². The van der Waals surface area contributed by atoms with Crippen LogP contribution < -0.4 is 10.0 Å². The van der Waals surface area contributed by atoms with Crippen LogP contribution in [0.25, 0.3) is 0 Å². The van der Waals surface area contributed by atoms with E-state index in [2.05, 4.69) is 14.9 Å². The first-order valence-corrected chi connectivity index (χ1v) is 12.5. The fraction of sp³-hybridized carbons (Fsp3) is 0.435. The Kier molecular flexibility index (Phi) is 8.49. The summed E-state index contributed by atoms with van der Waals surface area (Å²) in [6, 6.07) is 14.3. The highest BCUT2D eigenvalue weighted by Crippen LogP contribution is 2.18. The summed E-state index contributed by atoms with van der Waals surface area (Å²) in [6.45, 7) is 5.13. The molecule has 1 amide bonds. The van der Waals surface area contributed by atoms with Gasteiger partial charge in [-0.3, -0.25) is 4.79 Å². The monoisotopic (exact) mass is 463 g/mol. The number of carbonyl (C=O) groups excluding carboxylic acids is 1. The fourth-order valence-electron chi connectivity index (χ4n) is 3.73. The minimum Gasteiger partial charge on any atom is -0.352 e. The third-order valence-corrected chi connectivity index (χ3v) is 7.39. The summed E-state index contributed by atoms with van der Waals surface area (Å²) in [5.41, 5.74) is 1.93.